The van der Waals surface area contributed by atoms with E-state index < -0.39 is 0 Å². The number of hydrogen-bond donors (Lipinski definition) is 1. The van der Waals surface area contributed by atoms with Crippen LogP contribution in [0.2, 0.25) is 0 Å². The smallest absolute Gasteiger partial charge is 0.142 e. The van der Waals surface area contributed by atoms with Crippen molar-refractivity contribution in [3.05, 3.63) is 59.7 Å². The highest BCUT2D eigenvalue weighted by Gasteiger charge is 2.21. The summed E-state index contributed by atoms with van der Waals surface area (Å²) in [5.74, 6) is 0.343. The Hall–Kier alpha value is -3.13. The molecule has 0 radical (unpaired) electrons. The molecular weight excluding hydrogens is 281 g/mol. The predicted octanol–water partition coefficient (Wildman–Crippen LogP) is 3.91. The van der Waals surface area contributed by atoms with Crippen molar-refractivity contribution in [3.8, 4) is 28.5 Å². The van der Waals surface area contributed by atoms with E-state index in [0.717, 1.165) is 5.56 Å². The summed E-state index contributed by atoms with van der Waals surface area (Å²) in [4.78, 5) is 4.23. The molecule has 0 bridgehead atoms. The summed E-state index contributed by atoms with van der Waals surface area (Å²) in [6, 6.07) is 11.6. The van der Waals surface area contributed by atoms with Gasteiger partial charge in [0.1, 0.15) is 29.0 Å². The minimum atomic E-state index is -0.329. The van der Waals surface area contributed by atoms with Crippen molar-refractivity contribution in [2.24, 2.45) is 0 Å². The average molecular weight is 293 g/mol. The molecule has 3 aromatic rings. The SMILES string of the molecule is Cc1nc(N)c(C#N)c(-c2ccco2)c1-c1ccc(F)cc1. The summed E-state index contributed by atoms with van der Waals surface area (Å²) in [5, 5.41) is 9.43. The third kappa shape index (κ3) is 2.21. The summed E-state index contributed by atoms with van der Waals surface area (Å²) < 4.78 is 18.6. The van der Waals surface area contributed by atoms with Gasteiger partial charge in [0.15, 0.2) is 0 Å². The largest absolute Gasteiger partial charge is 0.464 e. The minimum Gasteiger partial charge on any atom is -0.464 e. The molecule has 0 unspecified atom stereocenters. The first kappa shape index (κ1) is 13.8. The van der Waals surface area contributed by atoms with Crippen molar-refractivity contribution in [2.75, 3.05) is 5.73 Å². The molecule has 0 aliphatic carbocycles. The molecule has 2 N–H and O–H groups in total. The van der Waals surface area contributed by atoms with Gasteiger partial charge in [-0.15, -0.1) is 0 Å². The number of halogens is 1. The highest BCUT2D eigenvalue weighted by Crippen LogP contribution is 2.38. The minimum absolute atomic E-state index is 0.150. The number of benzene rings is 1. The van der Waals surface area contributed by atoms with Crippen LogP contribution in [-0.2, 0) is 0 Å². The topological polar surface area (TPSA) is 75.8 Å². The summed E-state index contributed by atoms with van der Waals surface area (Å²) in [5.41, 5.74) is 8.80. The number of aryl methyl sites for hydroxylation is 1. The summed E-state index contributed by atoms with van der Waals surface area (Å²) in [7, 11) is 0. The normalized spacial score (nSPS) is 10.4. The Kier molecular flexibility index (Phi) is 3.36. The van der Waals surface area contributed by atoms with Gasteiger partial charge < -0.3 is 10.2 Å². The molecule has 2 heterocycles. The average Bonchev–Trinajstić information content (AvgIpc) is 3.02. The van der Waals surface area contributed by atoms with Gasteiger partial charge in [-0.2, -0.15) is 5.26 Å². The van der Waals surface area contributed by atoms with E-state index in [1.807, 2.05) is 0 Å². The summed E-state index contributed by atoms with van der Waals surface area (Å²) >= 11 is 0. The van der Waals surface area contributed by atoms with Crippen LogP contribution >= 0.6 is 0 Å². The summed E-state index contributed by atoms with van der Waals surface area (Å²) in [6.07, 6.45) is 1.52. The molecule has 0 saturated heterocycles. The molecule has 0 spiro atoms. The number of rotatable bonds is 2. The Labute approximate surface area is 126 Å². The molecule has 0 aliphatic rings. The lowest BCUT2D eigenvalue weighted by Crippen LogP contribution is -2.03. The number of pyridine rings is 1. The highest BCUT2D eigenvalue weighted by molar-refractivity contribution is 5.89. The van der Waals surface area contributed by atoms with Crippen molar-refractivity contribution < 1.29 is 8.81 Å². The molecule has 5 heteroatoms. The number of hydrogen-bond acceptors (Lipinski definition) is 4. The first-order valence-corrected chi connectivity index (χ1v) is 6.62. The van der Waals surface area contributed by atoms with Crippen LogP contribution in [0.1, 0.15) is 11.3 Å². The predicted molar refractivity (Wildman–Crippen MR) is 81.2 cm³/mol. The van der Waals surface area contributed by atoms with Gasteiger partial charge in [-0.25, -0.2) is 9.37 Å². The number of aromatic nitrogens is 1. The highest BCUT2D eigenvalue weighted by atomic mass is 19.1. The second-order valence-electron chi connectivity index (χ2n) is 4.80. The van der Waals surface area contributed by atoms with Gasteiger partial charge in [0, 0.05) is 16.8 Å². The Morgan fingerprint density at radius 1 is 1.18 bits per heavy atom. The van der Waals surface area contributed by atoms with Crippen LogP contribution in [-0.4, -0.2) is 4.98 Å². The van der Waals surface area contributed by atoms with Crippen molar-refractivity contribution in [1.29, 1.82) is 5.26 Å². The van der Waals surface area contributed by atoms with E-state index in [1.54, 1.807) is 31.2 Å². The zero-order valence-electron chi connectivity index (χ0n) is 11.8. The van der Waals surface area contributed by atoms with E-state index in [-0.39, 0.29) is 17.2 Å². The van der Waals surface area contributed by atoms with E-state index in [0.29, 0.717) is 22.6 Å². The van der Waals surface area contributed by atoms with Crippen molar-refractivity contribution in [3.63, 3.8) is 0 Å². The number of nitriles is 1. The molecular formula is C17H12FN3O. The molecule has 3 rings (SSSR count). The molecule has 22 heavy (non-hydrogen) atoms. The van der Waals surface area contributed by atoms with E-state index in [4.69, 9.17) is 10.2 Å². The first-order chi connectivity index (χ1) is 10.6. The maximum Gasteiger partial charge on any atom is 0.142 e. The Morgan fingerprint density at radius 2 is 1.91 bits per heavy atom. The first-order valence-electron chi connectivity index (χ1n) is 6.62. The van der Waals surface area contributed by atoms with Crippen LogP contribution in [0.4, 0.5) is 10.2 Å². The van der Waals surface area contributed by atoms with Crippen molar-refractivity contribution in [1.82, 2.24) is 4.98 Å². The Bertz CT molecular complexity index is 862. The molecule has 1 aromatic carbocycles. The second kappa shape index (κ2) is 5.34. The van der Waals surface area contributed by atoms with E-state index in [9.17, 15) is 9.65 Å². The number of nitrogens with two attached hydrogens (primary N) is 1. The van der Waals surface area contributed by atoms with Crippen LogP contribution in [0.25, 0.3) is 22.5 Å². The van der Waals surface area contributed by atoms with Crippen molar-refractivity contribution >= 4 is 5.82 Å². The number of anilines is 1. The second-order valence-corrected chi connectivity index (χ2v) is 4.80. The number of nitrogens with zero attached hydrogens (tertiary/aromatic N) is 2. The Balaban J connectivity index is 2.39. The van der Waals surface area contributed by atoms with Gasteiger partial charge in [-0.1, -0.05) is 12.1 Å². The third-order valence-electron chi connectivity index (χ3n) is 3.42. The Morgan fingerprint density at radius 3 is 2.50 bits per heavy atom. The summed E-state index contributed by atoms with van der Waals surface area (Å²) in [6.45, 7) is 1.79. The van der Waals surface area contributed by atoms with Crippen LogP contribution in [0, 0.1) is 24.1 Å². The third-order valence-corrected chi connectivity index (χ3v) is 3.42. The van der Waals surface area contributed by atoms with Crippen molar-refractivity contribution in [2.45, 2.75) is 6.92 Å². The van der Waals surface area contributed by atoms with Gasteiger partial charge in [0.25, 0.3) is 0 Å². The molecule has 0 fully saturated rings. The lowest BCUT2D eigenvalue weighted by Gasteiger charge is -2.14. The maximum atomic E-state index is 13.2. The fraction of sp³-hybridized carbons (Fsp3) is 0.0588. The van der Waals surface area contributed by atoms with Crippen LogP contribution < -0.4 is 5.73 Å². The molecule has 4 nitrogen and oxygen atoms in total. The maximum absolute atomic E-state index is 13.2. The zero-order valence-corrected chi connectivity index (χ0v) is 11.8. The van der Waals surface area contributed by atoms with E-state index in [2.05, 4.69) is 11.1 Å². The lowest BCUT2D eigenvalue weighted by atomic mass is 9.93. The number of furan rings is 1. The lowest BCUT2D eigenvalue weighted by molar-refractivity contribution is 0.582. The van der Waals surface area contributed by atoms with Crippen LogP contribution in [0.5, 0.6) is 0 Å². The van der Waals surface area contributed by atoms with E-state index in [1.165, 1.54) is 18.4 Å². The number of nitrogen functional groups attached to an aromatic ring is 1. The van der Waals surface area contributed by atoms with Gasteiger partial charge >= 0.3 is 0 Å². The molecule has 0 saturated carbocycles. The van der Waals surface area contributed by atoms with Crippen LogP contribution in [0.15, 0.2) is 47.1 Å². The van der Waals surface area contributed by atoms with Gasteiger partial charge in [0.2, 0.25) is 0 Å². The monoisotopic (exact) mass is 293 g/mol. The fourth-order valence-corrected chi connectivity index (χ4v) is 2.48. The fourth-order valence-electron chi connectivity index (χ4n) is 2.48. The van der Waals surface area contributed by atoms with Gasteiger partial charge in [-0.05, 0) is 36.8 Å². The van der Waals surface area contributed by atoms with Gasteiger partial charge in [0.05, 0.1) is 6.26 Å². The quantitative estimate of drug-likeness (QED) is 0.777. The molecule has 0 amide bonds. The zero-order chi connectivity index (χ0) is 15.7. The van der Waals surface area contributed by atoms with Crippen LogP contribution in [0.3, 0.4) is 0 Å². The molecule has 0 aliphatic heterocycles. The molecule has 2 aromatic heterocycles. The van der Waals surface area contributed by atoms with Gasteiger partial charge in [-0.3, -0.25) is 0 Å². The standard InChI is InChI=1S/C17H12FN3O/c1-10-15(11-4-6-12(18)7-5-11)16(14-3-2-8-22-14)13(9-19)17(20)21-10/h2-8H,1H3,(H2,20,21). The molecule has 108 valence electrons. The van der Waals surface area contributed by atoms with E-state index >= 15 is 0 Å². The molecule has 0 atom stereocenters.